The van der Waals surface area contributed by atoms with Gasteiger partial charge in [0, 0.05) is 12.6 Å². The Morgan fingerprint density at radius 3 is 2.50 bits per heavy atom. The van der Waals surface area contributed by atoms with Gasteiger partial charge < -0.3 is 10.1 Å². The van der Waals surface area contributed by atoms with Crippen LogP contribution in [-0.2, 0) is 6.42 Å². The fraction of sp³-hybridized carbons (Fsp3) is 0.391. The summed E-state index contributed by atoms with van der Waals surface area (Å²) >= 11 is 0. The second kappa shape index (κ2) is 7.76. The summed E-state index contributed by atoms with van der Waals surface area (Å²) in [7, 11) is 1.71. The van der Waals surface area contributed by atoms with Crippen LogP contribution >= 0.6 is 0 Å². The van der Waals surface area contributed by atoms with E-state index in [9.17, 15) is 9.59 Å². The van der Waals surface area contributed by atoms with Gasteiger partial charge in [-0.1, -0.05) is 18.2 Å². The second-order valence-corrected chi connectivity index (χ2v) is 7.58. The Balaban J connectivity index is 1.36. The number of hydrogen-bond acceptors (Lipinski definition) is 4. The summed E-state index contributed by atoms with van der Waals surface area (Å²) in [5.41, 5.74) is 4.93. The number of methoxy groups -OCH3 is 1. The van der Waals surface area contributed by atoms with Crippen molar-refractivity contribution >= 4 is 11.8 Å². The van der Waals surface area contributed by atoms with E-state index in [2.05, 4.69) is 24.4 Å². The molecule has 2 aromatic rings. The molecule has 2 amide bonds. The second-order valence-electron chi connectivity index (χ2n) is 7.58. The predicted octanol–water partition coefficient (Wildman–Crippen LogP) is 3.66. The highest BCUT2D eigenvalue weighted by molar-refractivity contribution is 6.21. The molecule has 1 unspecified atom stereocenters. The Morgan fingerprint density at radius 2 is 1.82 bits per heavy atom. The van der Waals surface area contributed by atoms with E-state index in [1.807, 2.05) is 0 Å². The minimum absolute atomic E-state index is 0.165. The van der Waals surface area contributed by atoms with Crippen molar-refractivity contribution in [1.29, 1.82) is 0 Å². The molecule has 0 spiro atoms. The first-order chi connectivity index (χ1) is 13.6. The van der Waals surface area contributed by atoms with Crippen LogP contribution in [0.1, 0.15) is 62.7 Å². The monoisotopic (exact) mass is 378 g/mol. The summed E-state index contributed by atoms with van der Waals surface area (Å²) in [5.74, 6) is 0.599. The van der Waals surface area contributed by atoms with E-state index in [1.54, 1.807) is 31.4 Å². The van der Waals surface area contributed by atoms with Crippen LogP contribution < -0.4 is 10.1 Å². The van der Waals surface area contributed by atoms with Crippen molar-refractivity contribution in [2.24, 2.45) is 0 Å². The first-order valence-corrected chi connectivity index (χ1v) is 9.96. The number of amides is 2. The fourth-order valence-corrected chi connectivity index (χ4v) is 4.33. The molecule has 0 aliphatic carbocycles. The topological polar surface area (TPSA) is 58.6 Å². The number of carbonyl (C=O) groups is 2. The molecule has 1 atom stereocenters. The van der Waals surface area contributed by atoms with Crippen molar-refractivity contribution in [2.75, 3.05) is 20.2 Å². The van der Waals surface area contributed by atoms with Crippen LogP contribution in [0.4, 0.5) is 0 Å². The zero-order valence-electron chi connectivity index (χ0n) is 16.5. The van der Waals surface area contributed by atoms with Crippen molar-refractivity contribution < 1.29 is 14.3 Å². The SMILES string of the molecule is COc1cc2c(cc1C)CCNC2CCCCN1C(=O)c2ccccc2C1=O. The van der Waals surface area contributed by atoms with Crippen LogP contribution in [0.25, 0.3) is 0 Å². The molecule has 0 saturated carbocycles. The van der Waals surface area contributed by atoms with Gasteiger partial charge >= 0.3 is 0 Å². The van der Waals surface area contributed by atoms with Gasteiger partial charge in [0.25, 0.3) is 11.8 Å². The number of rotatable bonds is 6. The van der Waals surface area contributed by atoms with Crippen LogP contribution in [0.3, 0.4) is 0 Å². The maximum atomic E-state index is 12.4. The van der Waals surface area contributed by atoms with E-state index >= 15 is 0 Å². The third kappa shape index (κ3) is 3.31. The Hall–Kier alpha value is -2.66. The number of carbonyl (C=O) groups excluding carboxylic acids is 2. The van der Waals surface area contributed by atoms with E-state index in [-0.39, 0.29) is 11.8 Å². The third-order valence-electron chi connectivity index (χ3n) is 5.82. The molecule has 146 valence electrons. The summed E-state index contributed by atoms with van der Waals surface area (Å²) in [6, 6.07) is 11.7. The standard InChI is InChI=1S/C23H26N2O3/c1-15-13-16-10-11-24-20(19(16)14-21(15)28-2)9-5-6-12-25-22(26)17-7-3-4-8-18(17)23(25)27/h3-4,7-8,13-14,20,24H,5-6,9-12H2,1-2H3. The van der Waals surface area contributed by atoms with Crippen LogP contribution in [0.2, 0.25) is 0 Å². The molecular weight excluding hydrogens is 352 g/mol. The number of benzene rings is 2. The Labute approximate surface area is 165 Å². The van der Waals surface area contributed by atoms with E-state index in [0.29, 0.717) is 23.7 Å². The summed E-state index contributed by atoms with van der Waals surface area (Å²) in [6.45, 7) is 3.53. The van der Waals surface area contributed by atoms with Crippen LogP contribution in [0.15, 0.2) is 36.4 Å². The van der Waals surface area contributed by atoms with Crippen molar-refractivity contribution in [3.8, 4) is 5.75 Å². The summed E-state index contributed by atoms with van der Waals surface area (Å²) in [5, 5.41) is 3.60. The van der Waals surface area contributed by atoms with Gasteiger partial charge in [-0.2, -0.15) is 0 Å². The molecule has 5 nitrogen and oxygen atoms in total. The number of unbranched alkanes of at least 4 members (excludes halogenated alkanes) is 1. The molecule has 2 aromatic carbocycles. The number of fused-ring (bicyclic) bond motifs is 2. The van der Waals surface area contributed by atoms with Gasteiger partial charge in [-0.05, 0) is 74.0 Å². The van der Waals surface area contributed by atoms with Crippen molar-refractivity contribution in [2.45, 2.75) is 38.6 Å². The van der Waals surface area contributed by atoms with Crippen molar-refractivity contribution in [3.05, 3.63) is 64.2 Å². The number of ether oxygens (including phenoxy) is 1. The minimum atomic E-state index is -0.165. The highest BCUT2D eigenvalue weighted by Gasteiger charge is 2.34. The summed E-state index contributed by atoms with van der Waals surface area (Å²) in [6.07, 6.45) is 3.76. The number of nitrogens with zero attached hydrogens (tertiary/aromatic N) is 1. The lowest BCUT2D eigenvalue weighted by molar-refractivity contribution is 0.0651. The van der Waals surface area contributed by atoms with E-state index < -0.39 is 0 Å². The smallest absolute Gasteiger partial charge is 0.261 e. The van der Waals surface area contributed by atoms with E-state index in [4.69, 9.17) is 4.74 Å². The van der Waals surface area contributed by atoms with E-state index in [1.165, 1.54) is 21.6 Å². The van der Waals surface area contributed by atoms with Crippen LogP contribution in [-0.4, -0.2) is 36.9 Å². The van der Waals surface area contributed by atoms with Gasteiger partial charge in [0.2, 0.25) is 0 Å². The molecule has 4 rings (SSSR count). The quantitative estimate of drug-likeness (QED) is 0.616. The van der Waals surface area contributed by atoms with Gasteiger partial charge in [-0.25, -0.2) is 0 Å². The number of nitrogens with one attached hydrogen (secondary N) is 1. The van der Waals surface area contributed by atoms with Gasteiger partial charge in [-0.15, -0.1) is 0 Å². The molecular formula is C23H26N2O3. The molecule has 28 heavy (non-hydrogen) atoms. The first kappa shape index (κ1) is 18.7. The average Bonchev–Trinajstić information content (AvgIpc) is 2.95. The molecule has 0 fully saturated rings. The maximum Gasteiger partial charge on any atom is 0.261 e. The molecule has 0 bridgehead atoms. The Bertz CT molecular complexity index is 887. The number of aryl methyl sites for hydroxylation is 1. The average molecular weight is 378 g/mol. The molecule has 2 aliphatic rings. The van der Waals surface area contributed by atoms with Crippen molar-refractivity contribution in [1.82, 2.24) is 10.2 Å². The lowest BCUT2D eigenvalue weighted by atomic mass is 9.89. The fourth-order valence-electron chi connectivity index (χ4n) is 4.33. The lowest BCUT2D eigenvalue weighted by Crippen LogP contribution is -2.32. The number of imide groups is 1. The summed E-state index contributed by atoms with van der Waals surface area (Å²) in [4.78, 5) is 26.3. The molecule has 2 heterocycles. The molecule has 0 aromatic heterocycles. The Kier molecular flexibility index (Phi) is 5.18. The largest absolute Gasteiger partial charge is 0.496 e. The molecule has 0 saturated heterocycles. The molecule has 5 heteroatoms. The van der Waals surface area contributed by atoms with Gasteiger partial charge in [0.15, 0.2) is 0 Å². The van der Waals surface area contributed by atoms with Crippen LogP contribution in [0.5, 0.6) is 5.75 Å². The van der Waals surface area contributed by atoms with Crippen molar-refractivity contribution in [3.63, 3.8) is 0 Å². The summed E-state index contributed by atoms with van der Waals surface area (Å²) < 4.78 is 5.50. The molecule has 0 radical (unpaired) electrons. The third-order valence-corrected chi connectivity index (χ3v) is 5.82. The van der Waals surface area contributed by atoms with Crippen LogP contribution in [0, 0.1) is 6.92 Å². The normalized spacial score (nSPS) is 18.2. The zero-order chi connectivity index (χ0) is 19.7. The highest BCUT2D eigenvalue weighted by Crippen LogP contribution is 2.32. The first-order valence-electron chi connectivity index (χ1n) is 9.96. The minimum Gasteiger partial charge on any atom is -0.496 e. The van der Waals surface area contributed by atoms with Gasteiger partial charge in [0.05, 0.1) is 18.2 Å². The molecule has 2 aliphatic heterocycles. The van der Waals surface area contributed by atoms with E-state index in [0.717, 1.165) is 38.0 Å². The number of hydrogen-bond donors (Lipinski definition) is 1. The molecule has 1 N–H and O–H groups in total. The zero-order valence-corrected chi connectivity index (χ0v) is 16.5. The predicted molar refractivity (Wildman–Crippen MR) is 108 cm³/mol. The van der Waals surface area contributed by atoms with Gasteiger partial charge in [0.1, 0.15) is 5.75 Å². The maximum absolute atomic E-state index is 12.4. The highest BCUT2D eigenvalue weighted by atomic mass is 16.5. The Morgan fingerprint density at radius 1 is 1.11 bits per heavy atom. The van der Waals surface area contributed by atoms with Gasteiger partial charge in [-0.3, -0.25) is 14.5 Å². The lowest BCUT2D eigenvalue weighted by Gasteiger charge is -2.28.